The molecule has 0 amide bonds. The van der Waals surface area contributed by atoms with Crippen molar-refractivity contribution in [1.29, 1.82) is 0 Å². The van der Waals surface area contributed by atoms with Gasteiger partial charge >= 0.3 is 0 Å². The smallest absolute Gasteiger partial charge is 0.126 e. The van der Waals surface area contributed by atoms with Crippen molar-refractivity contribution < 1.29 is 8.78 Å². The molecule has 1 fully saturated rings. The molecule has 3 nitrogen and oxygen atoms in total. The number of nitrogens with zero attached hydrogens (tertiary/aromatic N) is 2. The third-order valence-electron chi connectivity index (χ3n) is 4.07. The summed E-state index contributed by atoms with van der Waals surface area (Å²) in [4.78, 5) is 4.47. The van der Waals surface area contributed by atoms with Gasteiger partial charge in [-0.05, 0) is 63.8 Å². The van der Waals surface area contributed by atoms with Gasteiger partial charge in [-0.15, -0.1) is 0 Å². The van der Waals surface area contributed by atoms with Crippen LogP contribution < -0.4 is 5.73 Å². The topological polar surface area (TPSA) is 32.5 Å². The normalized spacial score (nSPS) is 23.6. The highest BCUT2D eigenvalue weighted by Crippen LogP contribution is 2.16. The van der Waals surface area contributed by atoms with Crippen LogP contribution in [-0.2, 0) is 6.42 Å². The Morgan fingerprint density at radius 3 is 2.80 bits per heavy atom. The van der Waals surface area contributed by atoms with Gasteiger partial charge in [0.15, 0.2) is 0 Å². The molecule has 1 aliphatic rings. The molecular formula is C15H23F2N3. The maximum absolute atomic E-state index is 13.7. The Balaban J connectivity index is 2.09. The van der Waals surface area contributed by atoms with E-state index >= 15 is 0 Å². The van der Waals surface area contributed by atoms with Crippen LogP contribution in [-0.4, -0.2) is 55.6 Å². The van der Waals surface area contributed by atoms with Crippen LogP contribution in [0.3, 0.4) is 0 Å². The first-order valence-corrected chi connectivity index (χ1v) is 7.05. The number of halogens is 2. The lowest BCUT2D eigenvalue weighted by atomic mass is 9.98. The first-order chi connectivity index (χ1) is 9.47. The predicted molar refractivity (Wildman–Crippen MR) is 76.6 cm³/mol. The van der Waals surface area contributed by atoms with Crippen molar-refractivity contribution in [2.24, 2.45) is 5.73 Å². The van der Waals surface area contributed by atoms with Gasteiger partial charge in [-0.1, -0.05) is 0 Å². The Hall–Kier alpha value is -1.04. The lowest BCUT2D eigenvalue weighted by molar-refractivity contribution is 0.194. The highest BCUT2D eigenvalue weighted by atomic mass is 19.1. The fraction of sp³-hybridized carbons (Fsp3) is 0.600. The average molecular weight is 283 g/mol. The van der Waals surface area contributed by atoms with E-state index < -0.39 is 5.82 Å². The van der Waals surface area contributed by atoms with Gasteiger partial charge in [0.05, 0.1) is 0 Å². The van der Waals surface area contributed by atoms with Crippen molar-refractivity contribution in [3.63, 3.8) is 0 Å². The van der Waals surface area contributed by atoms with Gasteiger partial charge in [0.1, 0.15) is 11.6 Å². The molecule has 2 unspecified atom stereocenters. The Kier molecular flexibility index (Phi) is 5.07. The molecule has 1 aromatic rings. The van der Waals surface area contributed by atoms with Gasteiger partial charge in [-0.25, -0.2) is 8.78 Å². The number of likely N-dealkylation sites (N-methyl/N-ethyl adjacent to an activating group) is 2. The Morgan fingerprint density at radius 1 is 1.30 bits per heavy atom. The standard InChI is InChI=1S/C15H23F2N3/c1-19-6-3-7-20(2)15(10-19)14(18)9-11-8-12(16)4-5-13(11)17/h4-5,8,14-15H,3,6-7,9-10,18H2,1-2H3. The molecule has 0 saturated carbocycles. The zero-order chi connectivity index (χ0) is 14.7. The van der Waals surface area contributed by atoms with E-state index in [1.165, 1.54) is 12.1 Å². The molecule has 2 atom stereocenters. The van der Waals surface area contributed by atoms with E-state index in [0.717, 1.165) is 32.1 Å². The first kappa shape index (κ1) is 15.4. The maximum Gasteiger partial charge on any atom is 0.126 e. The van der Waals surface area contributed by atoms with Gasteiger partial charge in [-0.3, -0.25) is 0 Å². The van der Waals surface area contributed by atoms with E-state index in [1.54, 1.807) is 0 Å². The summed E-state index contributed by atoms with van der Waals surface area (Å²) in [6.07, 6.45) is 1.46. The molecule has 0 spiro atoms. The molecule has 1 aromatic carbocycles. The fourth-order valence-electron chi connectivity index (χ4n) is 2.86. The molecule has 5 heteroatoms. The van der Waals surface area contributed by atoms with Crippen molar-refractivity contribution in [1.82, 2.24) is 9.80 Å². The van der Waals surface area contributed by atoms with Gasteiger partial charge in [0, 0.05) is 18.6 Å². The summed E-state index contributed by atoms with van der Waals surface area (Å²) in [5, 5.41) is 0. The molecule has 0 aliphatic carbocycles. The van der Waals surface area contributed by atoms with Crippen LogP contribution in [0.2, 0.25) is 0 Å². The van der Waals surface area contributed by atoms with Crippen LogP contribution in [0.5, 0.6) is 0 Å². The molecule has 2 N–H and O–H groups in total. The van der Waals surface area contributed by atoms with Crippen molar-refractivity contribution in [3.05, 3.63) is 35.4 Å². The van der Waals surface area contributed by atoms with E-state index in [-0.39, 0.29) is 17.9 Å². The van der Waals surface area contributed by atoms with Crippen LogP contribution >= 0.6 is 0 Å². The third-order valence-corrected chi connectivity index (χ3v) is 4.07. The SMILES string of the molecule is CN1CCCN(C)C(C(N)Cc2cc(F)ccc2F)C1. The molecule has 0 aromatic heterocycles. The van der Waals surface area contributed by atoms with Crippen molar-refractivity contribution in [3.8, 4) is 0 Å². The van der Waals surface area contributed by atoms with Gasteiger partial charge in [-0.2, -0.15) is 0 Å². The molecule has 1 saturated heterocycles. The second-order valence-corrected chi connectivity index (χ2v) is 5.77. The Labute approximate surface area is 119 Å². The number of nitrogens with two attached hydrogens (primary N) is 1. The van der Waals surface area contributed by atoms with Crippen LogP contribution in [0.1, 0.15) is 12.0 Å². The summed E-state index contributed by atoms with van der Waals surface area (Å²) in [7, 11) is 4.12. The molecule has 112 valence electrons. The molecule has 2 rings (SSSR count). The summed E-state index contributed by atoms with van der Waals surface area (Å²) >= 11 is 0. The second-order valence-electron chi connectivity index (χ2n) is 5.77. The van der Waals surface area contributed by atoms with E-state index in [0.29, 0.717) is 12.0 Å². The van der Waals surface area contributed by atoms with E-state index in [9.17, 15) is 8.78 Å². The second kappa shape index (κ2) is 6.61. The summed E-state index contributed by atoms with van der Waals surface area (Å²) in [6.45, 7) is 2.88. The summed E-state index contributed by atoms with van der Waals surface area (Å²) in [5.41, 5.74) is 6.62. The molecule has 0 bridgehead atoms. The third kappa shape index (κ3) is 3.75. The monoisotopic (exact) mass is 283 g/mol. The van der Waals surface area contributed by atoms with Crippen LogP contribution in [0.15, 0.2) is 18.2 Å². The molecular weight excluding hydrogens is 260 g/mol. The number of hydrogen-bond acceptors (Lipinski definition) is 3. The highest BCUT2D eigenvalue weighted by Gasteiger charge is 2.26. The molecule has 20 heavy (non-hydrogen) atoms. The van der Waals surface area contributed by atoms with Gasteiger partial charge in [0.2, 0.25) is 0 Å². The first-order valence-electron chi connectivity index (χ1n) is 7.05. The minimum absolute atomic E-state index is 0.158. The van der Waals surface area contributed by atoms with E-state index in [4.69, 9.17) is 5.73 Å². The number of rotatable bonds is 3. The predicted octanol–water partition coefficient (Wildman–Crippen LogP) is 1.47. The lowest BCUT2D eigenvalue weighted by Gasteiger charge is -2.32. The number of hydrogen-bond donors (Lipinski definition) is 1. The zero-order valence-corrected chi connectivity index (χ0v) is 12.1. The van der Waals surface area contributed by atoms with Crippen molar-refractivity contribution >= 4 is 0 Å². The average Bonchev–Trinajstić information content (AvgIpc) is 2.55. The fourth-order valence-corrected chi connectivity index (χ4v) is 2.86. The van der Waals surface area contributed by atoms with Crippen LogP contribution in [0.25, 0.3) is 0 Å². The summed E-state index contributed by atoms with van der Waals surface area (Å²) in [5.74, 6) is -0.800. The summed E-state index contributed by atoms with van der Waals surface area (Å²) < 4.78 is 26.9. The highest BCUT2D eigenvalue weighted by molar-refractivity contribution is 5.20. The minimum atomic E-state index is -0.417. The minimum Gasteiger partial charge on any atom is -0.326 e. The van der Waals surface area contributed by atoms with E-state index in [2.05, 4.69) is 16.8 Å². The molecule has 1 aliphatic heterocycles. The maximum atomic E-state index is 13.7. The molecule has 0 radical (unpaired) electrons. The summed E-state index contributed by atoms with van der Waals surface area (Å²) in [6, 6.07) is 3.49. The van der Waals surface area contributed by atoms with Crippen LogP contribution in [0.4, 0.5) is 8.78 Å². The lowest BCUT2D eigenvalue weighted by Crippen LogP contribution is -2.51. The van der Waals surface area contributed by atoms with E-state index in [1.807, 2.05) is 7.05 Å². The Bertz CT molecular complexity index is 453. The van der Waals surface area contributed by atoms with Gasteiger partial charge in [0.25, 0.3) is 0 Å². The largest absolute Gasteiger partial charge is 0.326 e. The Morgan fingerprint density at radius 2 is 2.05 bits per heavy atom. The van der Waals surface area contributed by atoms with Crippen molar-refractivity contribution in [2.45, 2.75) is 24.9 Å². The quantitative estimate of drug-likeness (QED) is 0.912. The van der Waals surface area contributed by atoms with Gasteiger partial charge < -0.3 is 15.5 Å². The van der Waals surface area contributed by atoms with Crippen LogP contribution in [0, 0.1) is 11.6 Å². The van der Waals surface area contributed by atoms with Crippen molar-refractivity contribution in [2.75, 3.05) is 33.7 Å². The number of benzene rings is 1. The molecule has 1 heterocycles. The zero-order valence-electron chi connectivity index (χ0n) is 12.1.